The lowest BCUT2D eigenvalue weighted by molar-refractivity contribution is -0.117. The largest absolute Gasteiger partial charge is 0.491 e. The zero-order valence-corrected chi connectivity index (χ0v) is 14.7. The molecule has 0 aliphatic carbocycles. The number of nitrogens with zero attached hydrogens (tertiary/aromatic N) is 1. The number of rotatable bonds is 5. The highest BCUT2D eigenvalue weighted by atomic mass is 19.1. The van der Waals surface area contributed by atoms with Crippen LogP contribution in [0.2, 0.25) is 0 Å². The fourth-order valence-electron chi connectivity index (χ4n) is 2.92. The third kappa shape index (κ3) is 4.20. The van der Waals surface area contributed by atoms with Crippen LogP contribution >= 0.6 is 0 Å². The van der Waals surface area contributed by atoms with Gasteiger partial charge in [0.2, 0.25) is 5.91 Å². The van der Waals surface area contributed by atoms with Crippen LogP contribution < -0.4 is 15.0 Å². The van der Waals surface area contributed by atoms with E-state index in [0.717, 1.165) is 0 Å². The van der Waals surface area contributed by atoms with Gasteiger partial charge in [0.05, 0.1) is 12.1 Å². The summed E-state index contributed by atoms with van der Waals surface area (Å²) in [6.07, 6.45) is 0.254. The molecule has 1 atom stereocenters. The molecule has 1 fully saturated rings. The second-order valence-electron chi connectivity index (χ2n) is 6.55. The van der Waals surface area contributed by atoms with Gasteiger partial charge in [0.25, 0.3) is 5.91 Å². The summed E-state index contributed by atoms with van der Waals surface area (Å²) in [5.41, 5.74) is 1.000. The van der Waals surface area contributed by atoms with E-state index in [-0.39, 0.29) is 30.4 Å². The zero-order valence-electron chi connectivity index (χ0n) is 14.7. The third-order valence-corrected chi connectivity index (χ3v) is 4.07. The number of hydrogen-bond donors (Lipinski definition) is 1. The van der Waals surface area contributed by atoms with Crippen LogP contribution in [-0.2, 0) is 4.79 Å². The van der Waals surface area contributed by atoms with Crippen molar-refractivity contribution < 1.29 is 18.7 Å². The van der Waals surface area contributed by atoms with Gasteiger partial charge < -0.3 is 15.0 Å². The number of amides is 2. The normalized spacial score (nSPS) is 16.8. The number of ether oxygens (including phenoxy) is 1. The third-order valence-electron chi connectivity index (χ3n) is 4.07. The van der Waals surface area contributed by atoms with Gasteiger partial charge in [0.15, 0.2) is 0 Å². The van der Waals surface area contributed by atoms with Crippen molar-refractivity contribution in [3.63, 3.8) is 0 Å². The molecule has 2 aromatic rings. The van der Waals surface area contributed by atoms with Crippen molar-refractivity contribution in [2.75, 3.05) is 11.4 Å². The minimum Gasteiger partial charge on any atom is -0.491 e. The quantitative estimate of drug-likeness (QED) is 0.895. The van der Waals surface area contributed by atoms with Gasteiger partial charge >= 0.3 is 0 Å². The molecule has 0 radical (unpaired) electrons. The van der Waals surface area contributed by atoms with E-state index >= 15 is 0 Å². The SMILES string of the molecule is CC(C)Oc1ccc(C(=O)N[C@H]2CC(=O)N(c3cccc(F)c3)C2)cc1. The Bertz CT molecular complexity index is 805. The van der Waals surface area contributed by atoms with Crippen molar-refractivity contribution in [1.29, 1.82) is 0 Å². The number of hydrogen-bond acceptors (Lipinski definition) is 3. The average molecular weight is 356 g/mol. The van der Waals surface area contributed by atoms with Gasteiger partial charge in [-0.3, -0.25) is 9.59 Å². The van der Waals surface area contributed by atoms with Crippen molar-refractivity contribution in [3.05, 3.63) is 59.9 Å². The Morgan fingerprint density at radius 2 is 1.96 bits per heavy atom. The number of nitrogens with one attached hydrogen (secondary N) is 1. The van der Waals surface area contributed by atoms with Crippen molar-refractivity contribution in [2.24, 2.45) is 0 Å². The fourth-order valence-corrected chi connectivity index (χ4v) is 2.92. The van der Waals surface area contributed by atoms with Crippen molar-refractivity contribution in [3.8, 4) is 5.75 Å². The maximum Gasteiger partial charge on any atom is 0.251 e. The van der Waals surface area contributed by atoms with Crippen LogP contribution in [0.25, 0.3) is 0 Å². The molecule has 136 valence electrons. The Labute approximate surface area is 151 Å². The van der Waals surface area contributed by atoms with Crippen LogP contribution in [0.3, 0.4) is 0 Å². The van der Waals surface area contributed by atoms with Gasteiger partial charge in [-0.05, 0) is 56.3 Å². The number of carbonyl (C=O) groups excluding carboxylic acids is 2. The molecule has 0 aromatic heterocycles. The van der Waals surface area contributed by atoms with E-state index in [1.165, 1.54) is 17.0 Å². The molecule has 0 bridgehead atoms. The Balaban J connectivity index is 1.62. The van der Waals surface area contributed by atoms with E-state index < -0.39 is 5.82 Å². The first-order valence-corrected chi connectivity index (χ1v) is 8.56. The molecule has 2 aromatic carbocycles. The predicted molar refractivity (Wildman–Crippen MR) is 96.8 cm³/mol. The number of anilines is 1. The van der Waals surface area contributed by atoms with Gasteiger partial charge in [-0.25, -0.2) is 4.39 Å². The van der Waals surface area contributed by atoms with Gasteiger partial charge in [-0.1, -0.05) is 6.07 Å². The first kappa shape index (κ1) is 17.9. The number of benzene rings is 2. The standard InChI is InChI=1S/C20H21FN2O3/c1-13(2)26-18-8-6-14(7-9-18)20(25)22-16-11-19(24)23(12-16)17-5-3-4-15(21)10-17/h3-10,13,16H,11-12H2,1-2H3,(H,22,25)/t16-/m0/s1. The molecular formula is C20H21FN2O3. The van der Waals surface area contributed by atoms with Crippen LogP contribution in [0.15, 0.2) is 48.5 Å². The van der Waals surface area contributed by atoms with Gasteiger partial charge in [0, 0.05) is 24.2 Å². The fraction of sp³-hybridized carbons (Fsp3) is 0.300. The van der Waals surface area contributed by atoms with Gasteiger partial charge in [-0.2, -0.15) is 0 Å². The summed E-state index contributed by atoms with van der Waals surface area (Å²) in [7, 11) is 0. The molecule has 5 nitrogen and oxygen atoms in total. The second-order valence-corrected chi connectivity index (χ2v) is 6.55. The van der Waals surface area contributed by atoms with E-state index in [0.29, 0.717) is 23.5 Å². The summed E-state index contributed by atoms with van der Waals surface area (Å²) in [6.45, 7) is 4.19. The average Bonchev–Trinajstić information content (AvgIpc) is 2.95. The summed E-state index contributed by atoms with van der Waals surface area (Å²) < 4.78 is 18.9. The van der Waals surface area contributed by atoms with Crippen LogP contribution in [0, 0.1) is 5.82 Å². The summed E-state index contributed by atoms with van der Waals surface area (Å²) in [5.74, 6) is -0.0852. The summed E-state index contributed by atoms with van der Waals surface area (Å²) in [5, 5.41) is 2.86. The molecule has 1 aliphatic heterocycles. The predicted octanol–water partition coefficient (Wildman–Crippen LogP) is 3.15. The molecule has 1 heterocycles. The highest BCUT2D eigenvalue weighted by molar-refractivity contribution is 5.99. The lowest BCUT2D eigenvalue weighted by atomic mass is 10.1. The number of halogens is 1. The summed E-state index contributed by atoms with van der Waals surface area (Å²) in [6, 6.07) is 12.4. The molecule has 1 N–H and O–H groups in total. The van der Waals surface area contributed by atoms with Crippen LogP contribution in [0.4, 0.5) is 10.1 Å². The van der Waals surface area contributed by atoms with E-state index in [1.807, 2.05) is 13.8 Å². The molecular weight excluding hydrogens is 335 g/mol. The maximum atomic E-state index is 13.4. The molecule has 1 aliphatic rings. The minimum absolute atomic E-state index is 0.0629. The Hall–Kier alpha value is -2.89. The van der Waals surface area contributed by atoms with E-state index in [2.05, 4.69) is 5.32 Å². The van der Waals surface area contributed by atoms with Crippen molar-refractivity contribution in [1.82, 2.24) is 5.32 Å². The topological polar surface area (TPSA) is 58.6 Å². The highest BCUT2D eigenvalue weighted by Crippen LogP contribution is 2.22. The van der Waals surface area contributed by atoms with E-state index in [1.54, 1.807) is 36.4 Å². The Morgan fingerprint density at radius 1 is 1.23 bits per heavy atom. The first-order chi connectivity index (χ1) is 12.4. The lowest BCUT2D eigenvalue weighted by Gasteiger charge is -2.17. The maximum absolute atomic E-state index is 13.4. The molecule has 0 saturated carbocycles. The lowest BCUT2D eigenvalue weighted by Crippen LogP contribution is -2.37. The monoisotopic (exact) mass is 356 g/mol. The molecule has 3 rings (SSSR count). The summed E-state index contributed by atoms with van der Waals surface area (Å²) in [4.78, 5) is 26.1. The Kier molecular flexibility index (Phi) is 5.21. The molecule has 0 spiro atoms. The number of carbonyl (C=O) groups is 2. The smallest absolute Gasteiger partial charge is 0.251 e. The molecule has 6 heteroatoms. The van der Waals surface area contributed by atoms with Crippen molar-refractivity contribution in [2.45, 2.75) is 32.4 Å². The highest BCUT2D eigenvalue weighted by Gasteiger charge is 2.31. The van der Waals surface area contributed by atoms with Gasteiger partial charge in [-0.15, -0.1) is 0 Å². The minimum atomic E-state index is -0.397. The summed E-state index contributed by atoms with van der Waals surface area (Å²) >= 11 is 0. The van der Waals surface area contributed by atoms with Crippen LogP contribution in [-0.4, -0.2) is 30.5 Å². The zero-order chi connectivity index (χ0) is 18.7. The van der Waals surface area contributed by atoms with E-state index in [4.69, 9.17) is 4.74 Å². The van der Waals surface area contributed by atoms with E-state index in [9.17, 15) is 14.0 Å². The molecule has 2 amide bonds. The van der Waals surface area contributed by atoms with Gasteiger partial charge in [0.1, 0.15) is 11.6 Å². The van der Waals surface area contributed by atoms with Crippen molar-refractivity contribution >= 4 is 17.5 Å². The molecule has 0 unspecified atom stereocenters. The van der Waals surface area contributed by atoms with Crippen LogP contribution in [0.1, 0.15) is 30.6 Å². The first-order valence-electron chi connectivity index (χ1n) is 8.56. The Morgan fingerprint density at radius 3 is 2.62 bits per heavy atom. The van der Waals surface area contributed by atoms with Crippen LogP contribution in [0.5, 0.6) is 5.75 Å². The molecule has 26 heavy (non-hydrogen) atoms. The second kappa shape index (κ2) is 7.56. The molecule has 1 saturated heterocycles.